The summed E-state index contributed by atoms with van der Waals surface area (Å²) < 4.78 is 5.67. The van der Waals surface area contributed by atoms with Crippen LogP contribution in [0.4, 0.5) is 4.79 Å². The van der Waals surface area contributed by atoms with Crippen LogP contribution in [0.3, 0.4) is 0 Å². The van der Waals surface area contributed by atoms with E-state index in [0.717, 1.165) is 35.1 Å². The number of carbonyl (C=O) groups excluding carboxylic acids is 2. The van der Waals surface area contributed by atoms with Gasteiger partial charge in [0.1, 0.15) is 12.1 Å². The van der Waals surface area contributed by atoms with Gasteiger partial charge in [0.05, 0.1) is 0 Å². The van der Waals surface area contributed by atoms with Gasteiger partial charge in [-0.3, -0.25) is 9.59 Å². The molecule has 1 unspecified atom stereocenters. The number of carbonyl (C=O) groups is 3. The lowest BCUT2D eigenvalue weighted by atomic mass is 9.77. The highest BCUT2D eigenvalue weighted by atomic mass is 16.5. The average Bonchev–Trinajstić information content (AvgIpc) is 3.60. The minimum Gasteiger partial charge on any atom is -0.481 e. The SMILES string of the molecule is CC(NC(=O)OCC1c2ccccc2-c2ccccc21)(C(=O)NC1CC(CC(=O)O)C1)C1CC1. The molecule has 2 amide bonds. The first-order valence-electron chi connectivity index (χ1n) is 12.0. The molecule has 0 aliphatic heterocycles. The highest BCUT2D eigenvalue weighted by Gasteiger charge is 2.50. The molecule has 2 saturated carbocycles. The fourth-order valence-electron chi connectivity index (χ4n) is 5.45. The number of alkyl carbamates (subject to hydrolysis) is 1. The molecule has 7 heteroatoms. The summed E-state index contributed by atoms with van der Waals surface area (Å²) in [5.74, 6) is -0.898. The predicted molar refractivity (Wildman–Crippen MR) is 126 cm³/mol. The number of nitrogens with one attached hydrogen (secondary N) is 2. The molecule has 0 spiro atoms. The lowest BCUT2D eigenvalue weighted by Crippen LogP contribution is -2.61. The first-order valence-corrected chi connectivity index (χ1v) is 12.0. The molecule has 178 valence electrons. The van der Waals surface area contributed by atoms with E-state index >= 15 is 0 Å². The topological polar surface area (TPSA) is 105 Å². The van der Waals surface area contributed by atoms with Crippen LogP contribution >= 0.6 is 0 Å². The molecule has 0 radical (unpaired) electrons. The number of carboxylic acids is 1. The summed E-state index contributed by atoms with van der Waals surface area (Å²) in [5.41, 5.74) is 3.56. The van der Waals surface area contributed by atoms with Crippen molar-refractivity contribution in [1.82, 2.24) is 10.6 Å². The summed E-state index contributed by atoms with van der Waals surface area (Å²) in [7, 11) is 0. The summed E-state index contributed by atoms with van der Waals surface area (Å²) in [5, 5.41) is 14.8. The smallest absolute Gasteiger partial charge is 0.408 e. The van der Waals surface area contributed by atoms with Crippen molar-refractivity contribution in [3.8, 4) is 11.1 Å². The Balaban J connectivity index is 1.20. The lowest BCUT2D eigenvalue weighted by Gasteiger charge is -2.38. The number of aliphatic carboxylic acids is 1. The number of benzene rings is 2. The molecular formula is C27H30N2O5. The van der Waals surface area contributed by atoms with E-state index in [9.17, 15) is 14.4 Å². The standard InChI is InChI=1S/C27H30N2O5/c1-27(17-10-11-17,25(32)28-18-12-16(13-18)14-24(30)31)29-26(33)34-15-23-21-8-4-2-6-19(21)20-7-3-5-9-22(20)23/h2-9,16-18,23H,10-15H2,1H3,(H,28,32)(H,29,33)(H,30,31). The number of rotatable bonds is 8. The van der Waals surface area contributed by atoms with Gasteiger partial charge in [-0.15, -0.1) is 0 Å². The van der Waals surface area contributed by atoms with E-state index in [1.165, 1.54) is 0 Å². The zero-order chi connectivity index (χ0) is 23.9. The summed E-state index contributed by atoms with van der Waals surface area (Å²) in [6, 6.07) is 16.3. The number of ether oxygens (including phenoxy) is 1. The number of amides is 2. The highest BCUT2D eigenvalue weighted by Crippen LogP contribution is 2.45. The molecule has 3 aliphatic rings. The van der Waals surface area contributed by atoms with Crippen molar-refractivity contribution in [3.63, 3.8) is 0 Å². The van der Waals surface area contributed by atoms with Crippen LogP contribution in [0.25, 0.3) is 11.1 Å². The first-order chi connectivity index (χ1) is 16.3. The first kappa shape index (κ1) is 22.4. The predicted octanol–water partition coefficient (Wildman–Crippen LogP) is 4.06. The number of fused-ring (bicyclic) bond motifs is 3. The van der Waals surface area contributed by atoms with Gasteiger partial charge in [0.25, 0.3) is 0 Å². The largest absolute Gasteiger partial charge is 0.481 e. The fourth-order valence-corrected chi connectivity index (χ4v) is 5.45. The van der Waals surface area contributed by atoms with Gasteiger partial charge in [0.15, 0.2) is 0 Å². The lowest BCUT2D eigenvalue weighted by molar-refractivity contribution is -0.139. The van der Waals surface area contributed by atoms with E-state index in [-0.39, 0.29) is 42.7 Å². The van der Waals surface area contributed by atoms with Crippen molar-refractivity contribution < 1.29 is 24.2 Å². The summed E-state index contributed by atoms with van der Waals surface area (Å²) in [4.78, 5) is 36.8. The van der Waals surface area contributed by atoms with Crippen molar-refractivity contribution in [3.05, 3.63) is 59.7 Å². The van der Waals surface area contributed by atoms with E-state index in [1.54, 1.807) is 6.92 Å². The molecule has 0 bridgehead atoms. The molecule has 3 aliphatic carbocycles. The van der Waals surface area contributed by atoms with Crippen molar-refractivity contribution in [2.75, 3.05) is 6.61 Å². The Hall–Kier alpha value is -3.35. The van der Waals surface area contributed by atoms with Gasteiger partial charge >= 0.3 is 12.1 Å². The maximum atomic E-state index is 13.1. The van der Waals surface area contributed by atoms with Gasteiger partial charge in [-0.25, -0.2) is 4.79 Å². The van der Waals surface area contributed by atoms with Crippen LogP contribution in [0.2, 0.25) is 0 Å². The second-order valence-electron chi connectivity index (χ2n) is 10.0. The molecule has 34 heavy (non-hydrogen) atoms. The average molecular weight is 463 g/mol. The highest BCUT2D eigenvalue weighted by molar-refractivity contribution is 5.90. The molecule has 3 N–H and O–H groups in total. The molecule has 5 rings (SSSR count). The number of hydrogen-bond donors (Lipinski definition) is 3. The van der Waals surface area contributed by atoms with E-state index < -0.39 is 17.6 Å². The minimum atomic E-state index is -1.04. The Labute approximate surface area is 198 Å². The Morgan fingerprint density at radius 2 is 1.59 bits per heavy atom. The third-order valence-corrected chi connectivity index (χ3v) is 7.61. The van der Waals surface area contributed by atoms with Gasteiger partial charge in [0, 0.05) is 18.4 Å². The minimum absolute atomic E-state index is 0.0414. The van der Waals surface area contributed by atoms with Crippen LogP contribution < -0.4 is 10.6 Å². The Morgan fingerprint density at radius 3 is 2.15 bits per heavy atom. The molecule has 0 aromatic heterocycles. The fraction of sp³-hybridized carbons (Fsp3) is 0.444. The van der Waals surface area contributed by atoms with Crippen LogP contribution in [0.5, 0.6) is 0 Å². The van der Waals surface area contributed by atoms with Crippen molar-refractivity contribution in [1.29, 1.82) is 0 Å². The van der Waals surface area contributed by atoms with Gasteiger partial charge in [-0.1, -0.05) is 48.5 Å². The second-order valence-corrected chi connectivity index (χ2v) is 10.0. The van der Waals surface area contributed by atoms with E-state index in [2.05, 4.69) is 34.9 Å². The Kier molecular flexibility index (Phi) is 5.80. The van der Waals surface area contributed by atoms with Crippen LogP contribution in [-0.2, 0) is 14.3 Å². The molecule has 1 atom stereocenters. The van der Waals surface area contributed by atoms with Crippen molar-refractivity contribution in [2.24, 2.45) is 11.8 Å². The van der Waals surface area contributed by atoms with Gasteiger partial charge in [-0.2, -0.15) is 0 Å². The third kappa shape index (κ3) is 4.27. The van der Waals surface area contributed by atoms with E-state index in [0.29, 0.717) is 12.8 Å². The van der Waals surface area contributed by atoms with Gasteiger partial charge in [-0.05, 0) is 66.7 Å². The van der Waals surface area contributed by atoms with Crippen molar-refractivity contribution in [2.45, 2.75) is 56.5 Å². The second kappa shape index (κ2) is 8.78. The summed E-state index contributed by atoms with van der Waals surface area (Å²) >= 11 is 0. The molecular weight excluding hydrogens is 432 g/mol. The molecule has 0 heterocycles. The number of hydrogen-bond acceptors (Lipinski definition) is 4. The summed E-state index contributed by atoms with van der Waals surface area (Å²) in [6.45, 7) is 1.95. The van der Waals surface area contributed by atoms with Crippen LogP contribution in [-0.4, -0.2) is 41.3 Å². The maximum absolute atomic E-state index is 13.1. The molecule has 0 saturated heterocycles. The monoisotopic (exact) mass is 462 g/mol. The zero-order valence-electron chi connectivity index (χ0n) is 19.3. The summed E-state index contributed by atoms with van der Waals surface area (Å²) in [6.07, 6.45) is 2.60. The third-order valence-electron chi connectivity index (χ3n) is 7.61. The quantitative estimate of drug-likeness (QED) is 0.549. The van der Waals surface area contributed by atoms with Crippen LogP contribution in [0.15, 0.2) is 48.5 Å². The van der Waals surface area contributed by atoms with Gasteiger partial charge in [0.2, 0.25) is 5.91 Å². The molecule has 2 aromatic carbocycles. The Morgan fingerprint density at radius 1 is 1.00 bits per heavy atom. The maximum Gasteiger partial charge on any atom is 0.408 e. The molecule has 7 nitrogen and oxygen atoms in total. The normalized spacial score (nSPS) is 22.5. The van der Waals surface area contributed by atoms with E-state index in [4.69, 9.17) is 9.84 Å². The van der Waals surface area contributed by atoms with Gasteiger partial charge < -0.3 is 20.5 Å². The van der Waals surface area contributed by atoms with Crippen LogP contribution in [0, 0.1) is 11.8 Å². The Bertz CT molecular complexity index is 1080. The molecule has 2 aromatic rings. The van der Waals surface area contributed by atoms with Crippen LogP contribution in [0.1, 0.15) is 56.1 Å². The molecule has 2 fully saturated rings. The zero-order valence-corrected chi connectivity index (χ0v) is 19.3. The number of carboxylic acid groups (broad SMARTS) is 1. The van der Waals surface area contributed by atoms with Crippen molar-refractivity contribution >= 4 is 18.0 Å². The van der Waals surface area contributed by atoms with E-state index in [1.807, 2.05) is 24.3 Å².